The van der Waals surface area contributed by atoms with Crippen LogP contribution in [0, 0.1) is 0 Å². The second-order valence-corrected chi connectivity index (χ2v) is 5.59. The number of rotatable bonds is 8. The Hall–Kier alpha value is -1.59. The van der Waals surface area contributed by atoms with Crippen LogP contribution >= 0.6 is 12.4 Å². The minimum atomic E-state index is -0.383. The normalized spacial score (nSPS) is 10.6. The molecule has 0 fully saturated rings. The molecule has 0 radical (unpaired) electrons. The molecule has 0 unspecified atom stereocenters. The lowest BCUT2D eigenvalue weighted by atomic mass is 9.94. The molecule has 0 saturated heterocycles. The third-order valence-electron chi connectivity index (χ3n) is 3.93. The Balaban J connectivity index is 0.00000484. The van der Waals surface area contributed by atoms with Crippen LogP contribution in [0.3, 0.4) is 0 Å². The van der Waals surface area contributed by atoms with E-state index in [2.05, 4.69) is 10.6 Å². The fourth-order valence-electron chi connectivity index (χ4n) is 2.00. The highest BCUT2D eigenvalue weighted by Crippen LogP contribution is 2.10. The quantitative estimate of drug-likeness (QED) is 0.679. The zero-order valence-corrected chi connectivity index (χ0v) is 15.0. The van der Waals surface area contributed by atoms with Gasteiger partial charge in [0.2, 0.25) is 0 Å². The van der Waals surface area contributed by atoms with Crippen molar-refractivity contribution >= 4 is 24.2 Å². The number of nitrogens with one attached hydrogen (secondary N) is 2. The van der Waals surface area contributed by atoms with Gasteiger partial charge in [-0.15, -0.1) is 12.4 Å². The number of amides is 2. The molecule has 0 aliphatic carbocycles. The Morgan fingerprint density at radius 3 is 2.04 bits per heavy atom. The molecule has 0 aliphatic rings. The summed E-state index contributed by atoms with van der Waals surface area (Å²) in [4.78, 5) is 24.1. The molecule has 5 nitrogen and oxygen atoms in total. The molecule has 23 heavy (non-hydrogen) atoms. The fraction of sp³-hybridized carbons (Fsp3) is 0.529. The first-order valence-electron chi connectivity index (χ1n) is 7.91. The van der Waals surface area contributed by atoms with E-state index in [4.69, 9.17) is 5.73 Å². The molecule has 1 aromatic rings. The van der Waals surface area contributed by atoms with E-state index in [1.807, 2.05) is 20.8 Å². The number of nitrogens with two attached hydrogens (primary N) is 1. The first-order valence-corrected chi connectivity index (χ1v) is 7.91. The van der Waals surface area contributed by atoms with Gasteiger partial charge in [0, 0.05) is 29.8 Å². The van der Waals surface area contributed by atoms with Crippen molar-refractivity contribution in [1.82, 2.24) is 10.6 Å². The van der Waals surface area contributed by atoms with E-state index >= 15 is 0 Å². The summed E-state index contributed by atoms with van der Waals surface area (Å²) in [6.07, 6.45) is 2.46. The predicted octanol–water partition coefficient (Wildman–Crippen LogP) is 2.50. The predicted molar refractivity (Wildman–Crippen MR) is 96.1 cm³/mol. The van der Waals surface area contributed by atoms with Crippen LogP contribution in [-0.2, 0) is 0 Å². The third-order valence-corrected chi connectivity index (χ3v) is 3.93. The zero-order valence-electron chi connectivity index (χ0n) is 14.1. The van der Waals surface area contributed by atoms with Gasteiger partial charge in [0.1, 0.15) is 0 Å². The number of hydrogen-bond acceptors (Lipinski definition) is 3. The average Bonchev–Trinajstić information content (AvgIpc) is 2.57. The summed E-state index contributed by atoms with van der Waals surface area (Å²) < 4.78 is 0. The lowest BCUT2D eigenvalue weighted by Gasteiger charge is -2.26. The molecule has 0 heterocycles. The molecule has 0 bridgehead atoms. The topological polar surface area (TPSA) is 84.2 Å². The Kier molecular flexibility index (Phi) is 9.53. The van der Waals surface area contributed by atoms with E-state index in [0.29, 0.717) is 24.2 Å². The van der Waals surface area contributed by atoms with Crippen molar-refractivity contribution in [3.63, 3.8) is 0 Å². The lowest BCUT2D eigenvalue weighted by Crippen LogP contribution is -2.49. The highest BCUT2D eigenvalue weighted by atomic mass is 35.5. The van der Waals surface area contributed by atoms with Gasteiger partial charge in [0.25, 0.3) is 11.8 Å². The van der Waals surface area contributed by atoms with Crippen molar-refractivity contribution in [2.75, 3.05) is 13.1 Å². The van der Waals surface area contributed by atoms with Crippen LogP contribution in [0.25, 0.3) is 0 Å². The van der Waals surface area contributed by atoms with Gasteiger partial charge in [-0.25, -0.2) is 0 Å². The zero-order chi connectivity index (χ0) is 16.6. The van der Waals surface area contributed by atoms with E-state index in [0.717, 1.165) is 19.3 Å². The highest BCUT2D eigenvalue weighted by Gasteiger charge is 2.21. The van der Waals surface area contributed by atoms with E-state index in [1.54, 1.807) is 24.3 Å². The Morgan fingerprint density at radius 1 is 1.04 bits per heavy atom. The molecule has 1 rings (SSSR count). The summed E-state index contributed by atoms with van der Waals surface area (Å²) in [5, 5.41) is 5.65. The first kappa shape index (κ1) is 21.4. The van der Waals surface area contributed by atoms with Crippen molar-refractivity contribution in [1.29, 1.82) is 0 Å². The molecule has 0 aromatic heterocycles. The molecular formula is C17H28ClN3O2. The van der Waals surface area contributed by atoms with Crippen molar-refractivity contribution in [2.24, 2.45) is 5.73 Å². The number of carbonyl (C=O) groups excluding carboxylic acids is 2. The summed E-state index contributed by atoms with van der Waals surface area (Å²) in [7, 11) is 0. The van der Waals surface area contributed by atoms with Crippen molar-refractivity contribution in [3.05, 3.63) is 35.4 Å². The van der Waals surface area contributed by atoms with Crippen LogP contribution in [0.4, 0.5) is 0 Å². The van der Waals surface area contributed by atoms with Gasteiger partial charge in [-0.3, -0.25) is 9.59 Å². The second kappa shape index (κ2) is 10.2. The van der Waals surface area contributed by atoms with Crippen LogP contribution in [0.1, 0.15) is 60.7 Å². The summed E-state index contributed by atoms with van der Waals surface area (Å²) in [5.74, 6) is -0.367. The summed E-state index contributed by atoms with van der Waals surface area (Å²) in [6, 6.07) is 6.72. The third kappa shape index (κ3) is 6.59. The van der Waals surface area contributed by atoms with E-state index in [9.17, 15) is 9.59 Å². The molecule has 0 saturated carbocycles. The highest BCUT2D eigenvalue weighted by molar-refractivity contribution is 5.99. The van der Waals surface area contributed by atoms with E-state index in [1.165, 1.54) is 0 Å². The number of hydrogen-bond donors (Lipinski definition) is 3. The molecule has 0 aliphatic heterocycles. The van der Waals surface area contributed by atoms with Gasteiger partial charge in [0.15, 0.2) is 0 Å². The SMILES string of the molecule is CCCNC(=O)c1cccc(C(=O)NCC(N)(CC)CC)c1.Cl. The molecule has 0 spiro atoms. The van der Waals surface area contributed by atoms with Gasteiger partial charge >= 0.3 is 0 Å². The minimum absolute atomic E-state index is 0. The molecule has 130 valence electrons. The smallest absolute Gasteiger partial charge is 0.251 e. The van der Waals surface area contributed by atoms with E-state index in [-0.39, 0.29) is 29.8 Å². The van der Waals surface area contributed by atoms with Crippen molar-refractivity contribution in [3.8, 4) is 0 Å². The average molecular weight is 342 g/mol. The summed E-state index contributed by atoms with van der Waals surface area (Å²) in [6.45, 7) is 7.05. The lowest BCUT2D eigenvalue weighted by molar-refractivity contribution is 0.0942. The van der Waals surface area contributed by atoms with Gasteiger partial charge in [-0.05, 0) is 37.5 Å². The van der Waals surface area contributed by atoms with Gasteiger partial charge in [-0.2, -0.15) is 0 Å². The molecule has 1 aromatic carbocycles. The fourth-order valence-corrected chi connectivity index (χ4v) is 2.00. The Bertz CT molecular complexity index is 516. The van der Waals surface area contributed by atoms with Crippen LogP contribution in [-0.4, -0.2) is 30.4 Å². The molecule has 6 heteroatoms. The molecule has 4 N–H and O–H groups in total. The summed E-state index contributed by atoms with van der Waals surface area (Å²) >= 11 is 0. The minimum Gasteiger partial charge on any atom is -0.352 e. The first-order chi connectivity index (χ1) is 10.5. The Morgan fingerprint density at radius 2 is 1.57 bits per heavy atom. The maximum absolute atomic E-state index is 12.2. The van der Waals surface area contributed by atoms with Crippen LogP contribution in [0.15, 0.2) is 24.3 Å². The molecular weight excluding hydrogens is 314 g/mol. The maximum Gasteiger partial charge on any atom is 0.251 e. The van der Waals surface area contributed by atoms with Crippen LogP contribution < -0.4 is 16.4 Å². The summed E-state index contributed by atoms with van der Waals surface area (Å²) in [5.41, 5.74) is 6.76. The van der Waals surface area contributed by atoms with Gasteiger partial charge < -0.3 is 16.4 Å². The van der Waals surface area contributed by atoms with Crippen LogP contribution in [0.2, 0.25) is 0 Å². The maximum atomic E-state index is 12.2. The number of carbonyl (C=O) groups is 2. The second-order valence-electron chi connectivity index (χ2n) is 5.59. The molecule has 0 atom stereocenters. The van der Waals surface area contributed by atoms with Crippen LogP contribution in [0.5, 0.6) is 0 Å². The van der Waals surface area contributed by atoms with Gasteiger partial charge in [-0.1, -0.05) is 26.8 Å². The Labute approximate surface area is 144 Å². The van der Waals surface area contributed by atoms with Gasteiger partial charge in [0.05, 0.1) is 0 Å². The largest absolute Gasteiger partial charge is 0.352 e. The molecule has 2 amide bonds. The monoisotopic (exact) mass is 341 g/mol. The number of benzene rings is 1. The standard InChI is InChI=1S/C17H27N3O2.ClH/c1-4-10-19-15(21)13-8-7-9-14(11-13)16(22)20-12-17(18,5-2)6-3;/h7-9,11H,4-6,10,12,18H2,1-3H3,(H,19,21)(H,20,22);1H. The number of halogens is 1. The van der Waals surface area contributed by atoms with Crippen molar-refractivity contribution < 1.29 is 9.59 Å². The van der Waals surface area contributed by atoms with Crippen molar-refractivity contribution in [2.45, 2.75) is 45.6 Å². The van der Waals surface area contributed by atoms with E-state index < -0.39 is 0 Å².